The molecule has 0 bridgehead atoms. The van der Waals surface area contributed by atoms with E-state index in [9.17, 15) is 4.79 Å². The van der Waals surface area contributed by atoms with Gasteiger partial charge < -0.3 is 4.90 Å². The Balaban J connectivity index is 1.70. The number of rotatable bonds is 4. The van der Waals surface area contributed by atoms with Crippen molar-refractivity contribution in [2.75, 3.05) is 19.6 Å². The molecule has 1 heterocycles. The molecule has 4 nitrogen and oxygen atoms in total. The molecular formula is C21H22ClN3OS. The van der Waals surface area contributed by atoms with Crippen LogP contribution in [0, 0.1) is 6.92 Å². The molecule has 27 heavy (non-hydrogen) atoms. The molecule has 2 aromatic rings. The van der Waals surface area contributed by atoms with Gasteiger partial charge in [-0.25, -0.2) is 0 Å². The summed E-state index contributed by atoms with van der Waals surface area (Å²) < 4.78 is 0. The van der Waals surface area contributed by atoms with Crippen LogP contribution >= 0.6 is 23.8 Å². The number of aliphatic imine (C=N–C) groups is 1. The minimum absolute atomic E-state index is 0.0966. The van der Waals surface area contributed by atoms with Gasteiger partial charge in [0, 0.05) is 42.8 Å². The van der Waals surface area contributed by atoms with Crippen molar-refractivity contribution < 1.29 is 4.79 Å². The maximum atomic E-state index is 12.8. The first-order chi connectivity index (χ1) is 13.0. The van der Waals surface area contributed by atoms with Crippen LogP contribution in [0.15, 0.2) is 47.5 Å². The van der Waals surface area contributed by atoms with Gasteiger partial charge in [-0.2, -0.15) is 4.99 Å². The van der Waals surface area contributed by atoms with Gasteiger partial charge in [0.2, 0.25) is 0 Å². The molecule has 0 radical (unpaired) electrons. The van der Waals surface area contributed by atoms with E-state index in [0.29, 0.717) is 11.6 Å². The molecule has 1 saturated heterocycles. The van der Waals surface area contributed by atoms with Crippen LogP contribution in [0.4, 0.5) is 5.69 Å². The molecule has 0 unspecified atom stereocenters. The highest BCUT2D eigenvalue weighted by molar-refractivity contribution is 7.78. The molecule has 140 valence electrons. The molecule has 2 aromatic carbocycles. The molecule has 6 heteroatoms. The number of piperazine rings is 1. The van der Waals surface area contributed by atoms with E-state index in [0.717, 1.165) is 42.0 Å². The Morgan fingerprint density at radius 1 is 1.30 bits per heavy atom. The standard InChI is InChI=1S/C21H22ClN3OS/c1-15-12-24(8-9-25(15)21(26)17-6-4-3-5-7-17)13-18-10-19(22)11-20(16(18)2)23-14-27/h3-7,10-11,15H,8-9,12-13H2,1-2H3/t15-/m0/s1. The Morgan fingerprint density at radius 3 is 2.70 bits per heavy atom. The summed E-state index contributed by atoms with van der Waals surface area (Å²) in [6.07, 6.45) is 0. The zero-order chi connectivity index (χ0) is 19.4. The first-order valence-electron chi connectivity index (χ1n) is 8.95. The Bertz CT molecular complexity index is 880. The summed E-state index contributed by atoms with van der Waals surface area (Å²) in [5, 5.41) is 3.06. The third kappa shape index (κ3) is 4.63. The van der Waals surface area contributed by atoms with Crippen LogP contribution in [0.25, 0.3) is 0 Å². The SMILES string of the molecule is Cc1c(CN2CCN(C(=O)c3ccccc3)[C@@H](C)C2)cc(Cl)cc1N=C=S. The van der Waals surface area contributed by atoms with Crippen LogP contribution in [-0.4, -0.2) is 46.5 Å². The Kier molecular flexibility index (Phi) is 6.40. The smallest absolute Gasteiger partial charge is 0.254 e. The van der Waals surface area contributed by atoms with Crippen molar-refractivity contribution in [3.05, 3.63) is 64.2 Å². The average Bonchev–Trinajstić information content (AvgIpc) is 2.66. The molecule has 1 fully saturated rings. The number of benzene rings is 2. The second-order valence-corrected chi connectivity index (χ2v) is 7.48. The Labute approximate surface area is 170 Å². The second-order valence-electron chi connectivity index (χ2n) is 6.86. The molecule has 0 aliphatic carbocycles. The summed E-state index contributed by atoms with van der Waals surface area (Å²) in [4.78, 5) is 21.2. The van der Waals surface area contributed by atoms with Crippen molar-refractivity contribution in [3.8, 4) is 0 Å². The summed E-state index contributed by atoms with van der Waals surface area (Å²) in [6.45, 7) is 7.23. The first-order valence-corrected chi connectivity index (χ1v) is 9.73. The molecule has 0 saturated carbocycles. The van der Waals surface area contributed by atoms with E-state index in [1.807, 2.05) is 48.2 Å². The number of thiocarbonyl (C=S) groups is 1. The highest BCUT2D eigenvalue weighted by atomic mass is 35.5. The van der Waals surface area contributed by atoms with Gasteiger partial charge in [-0.1, -0.05) is 29.8 Å². The van der Waals surface area contributed by atoms with Crippen LogP contribution in [0.3, 0.4) is 0 Å². The van der Waals surface area contributed by atoms with Gasteiger partial charge in [0.25, 0.3) is 5.91 Å². The summed E-state index contributed by atoms with van der Waals surface area (Å²) in [5.41, 5.74) is 3.69. The molecule has 0 spiro atoms. The lowest BCUT2D eigenvalue weighted by Crippen LogP contribution is -2.53. The molecule has 3 rings (SSSR count). The van der Waals surface area contributed by atoms with E-state index in [-0.39, 0.29) is 11.9 Å². The summed E-state index contributed by atoms with van der Waals surface area (Å²) >= 11 is 11.0. The maximum absolute atomic E-state index is 12.8. The number of carbonyl (C=O) groups excluding carboxylic acids is 1. The van der Waals surface area contributed by atoms with Crippen molar-refractivity contribution >= 4 is 40.6 Å². The number of hydrogen-bond acceptors (Lipinski definition) is 4. The summed E-state index contributed by atoms with van der Waals surface area (Å²) in [7, 11) is 0. The van der Waals surface area contributed by atoms with Gasteiger partial charge in [-0.15, -0.1) is 0 Å². The van der Waals surface area contributed by atoms with Crippen molar-refractivity contribution in [1.82, 2.24) is 9.80 Å². The zero-order valence-corrected chi connectivity index (χ0v) is 17.1. The molecular weight excluding hydrogens is 378 g/mol. The quantitative estimate of drug-likeness (QED) is 0.550. The fourth-order valence-electron chi connectivity index (χ4n) is 3.52. The lowest BCUT2D eigenvalue weighted by Gasteiger charge is -2.40. The van der Waals surface area contributed by atoms with Crippen LogP contribution in [-0.2, 0) is 6.54 Å². The first kappa shape index (κ1) is 19.7. The normalized spacial score (nSPS) is 17.4. The van der Waals surface area contributed by atoms with Crippen molar-refractivity contribution in [2.45, 2.75) is 26.4 Å². The van der Waals surface area contributed by atoms with E-state index >= 15 is 0 Å². The average molecular weight is 400 g/mol. The molecule has 1 atom stereocenters. The Hall–Kier alpha value is -2.04. The molecule has 1 amide bonds. The molecule has 0 aromatic heterocycles. The number of carbonyl (C=O) groups is 1. The van der Waals surface area contributed by atoms with Gasteiger partial charge in [0.05, 0.1) is 10.8 Å². The predicted octanol–water partition coefficient (Wildman–Crippen LogP) is 4.73. The summed E-state index contributed by atoms with van der Waals surface area (Å²) in [6, 6.07) is 13.4. The van der Waals surface area contributed by atoms with E-state index in [2.05, 4.69) is 22.0 Å². The van der Waals surface area contributed by atoms with Crippen molar-refractivity contribution in [1.29, 1.82) is 0 Å². The second kappa shape index (κ2) is 8.77. The number of hydrogen-bond donors (Lipinski definition) is 0. The van der Waals surface area contributed by atoms with Crippen LogP contribution in [0.2, 0.25) is 5.02 Å². The largest absolute Gasteiger partial charge is 0.333 e. The van der Waals surface area contributed by atoms with Crippen molar-refractivity contribution in [3.63, 3.8) is 0 Å². The lowest BCUT2D eigenvalue weighted by molar-refractivity contribution is 0.0475. The van der Waals surface area contributed by atoms with E-state index in [1.165, 1.54) is 0 Å². The highest BCUT2D eigenvalue weighted by Gasteiger charge is 2.28. The third-order valence-corrected chi connectivity index (χ3v) is 5.32. The number of halogens is 1. The third-order valence-electron chi connectivity index (χ3n) is 5.01. The predicted molar refractivity (Wildman–Crippen MR) is 113 cm³/mol. The molecule has 1 aliphatic rings. The summed E-state index contributed by atoms with van der Waals surface area (Å²) in [5.74, 6) is 0.0966. The van der Waals surface area contributed by atoms with Gasteiger partial charge in [0.1, 0.15) is 0 Å². The van der Waals surface area contributed by atoms with Gasteiger partial charge in [-0.05, 0) is 61.5 Å². The van der Waals surface area contributed by atoms with Crippen LogP contribution in [0.1, 0.15) is 28.4 Å². The minimum Gasteiger partial charge on any atom is -0.333 e. The zero-order valence-electron chi connectivity index (χ0n) is 15.5. The van der Waals surface area contributed by atoms with E-state index < -0.39 is 0 Å². The molecule has 1 aliphatic heterocycles. The van der Waals surface area contributed by atoms with Gasteiger partial charge in [0.15, 0.2) is 0 Å². The minimum atomic E-state index is 0.0966. The number of nitrogens with zero attached hydrogens (tertiary/aromatic N) is 3. The van der Waals surface area contributed by atoms with E-state index in [4.69, 9.17) is 23.8 Å². The van der Waals surface area contributed by atoms with Gasteiger partial charge >= 0.3 is 0 Å². The van der Waals surface area contributed by atoms with Crippen LogP contribution < -0.4 is 0 Å². The fourth-order valence-corrected chi connectivity index (χ4v) is 3.85. The fraction of sp³-hybridized carbons (Fsp3) is 0.333. The monoisotopic (exact) mass is 399 g/mol. The maximum Gasteiger partial charge on any atom is 0.254 e. The van der Waals surface area contributed by atoms with E-state index in [1.54, 1.807) is 6.07 Å². The van der Waals surface area contributed by atoms with Crippen LogP contribution in [0.5, 0.6) is 0 Å². The highest BCUT2D eigenvalue weighted by Crippen LogP contribution is 2.28. The molecule has 0 N–H and O–H groups in total. The number of isothiocyanates is 1. The van der Waals surface area contributed by atoms with Gasteiger partial charge in [-0.3, -0.25) is 9.69 Å². The lowest BCUT2D eigenvalue weighted by atomic mass is 10.0. The Morgan fingerprint density at radius 2 is 2.04 bits per heavy atom. The topological polar surface area (TPSA) is 35.9 Å². The number of amides is 1. The van der Waals surface area contributed by atoms with Crippen molar-refractivity contribution in [2.24, 2.45) is 4.99 Å².